The lowest BCUT2D eigenvalue weighted by molar-refractivity contribution is -0.146. The molecule has 0 saturated heterocycles. The summed E-state index contributed by atoms with van der Waals surface area (Å²) in [4.78, 5) is 0. The maximum Gasteiger partial charge on any atom is 0.453 e. The molecule has 0 unspecified atom stereocenters. The van der Waals surface area contributed by atoms with Gasteiger partial charge in [-0.05, 0) is 80.2 Å². The zero-order valence-corrected chi connectivity index (χ0v) is 14.5. The van der Waals surface area contributed by atoms with Crippen LogP contribution in [0.4, 0.5) is 19.0 Å². The lowest BCUT2D eigenvalue weighted by Crippen LogP contribution is -2.46. The predicted octanol–water partition coefficient (Wildman–Crippen LogP) is 4.16. The number of fused-ring (bicyclic) bond motifs is 1. The van der Waals surface area contributed by atoms with E-state index in [9.17, 15) is 13.2 Å². The first kappa shape index (κ1) is 16.3. The van der Waals surface area contributed by atoms with Crippen molar-refractivity contribution in [3.63, 3.8) is 0 Å². The van der Waals surface area contributed by atoms with E-state index in [1.54, 1.807) is 6.07 Å². The average Bonchev–Trinajstić information content (AvgIpc) is 2.96. The summed E-state index contributed by atoms with van der Waals surface area (Å²) in [5.74, 6) is 2.07. The van der Waals surface area contributed by atoms with E-state index in [2.05, 4.69) is 20.6 Å². The first-order chi connectivity index (χ1) is 12.4. The van der Waals surface area contributed by atoms with Gasteiger partial charge in [0.25, 0.3) is 5.82 Å². The fourth-order valence-corrected chi connectivity index (χ4v) is 6.11. The third-order valence-corrected chi connectivity index (χ3v) is 6.64. The summed E-state index contributed by atoms with van der Waals surface area (Å²) in [6.07, 6.45) is 4.75. The van der Waals surface area contributed by atoms with Crippen LogP contribution >= 0.6 is 0 Å². The lowest BCUT2D eigenvalue weighted by atomic mass is 9.49. The van der Waals surface area contributed by atoms with Crippen LogP contribution in [0.1, 0.15) is 50.8 Å². The molecule has 140 valence electrons. The zero-order chi connectivity index (χ0) is 17.9. The van der Waals surface area contributed by atoms with Crippen LogP contribution in [0.2, 0.25) is 0 Å². The highest BCUT2D eigenvalue weighted by atomic mass is 19.4. The number of anilines is 1. The fourth-order valence-electron chi connectivity index (χ4n) is 6.11. The van der Waals surface area contributed by atoms with Gasteiger partial charge < -0.3 is 5.32 Å². The third kappa shape index (κ3) is 2.74. The third-order valence-electron chi connectivity index (χ3n) is 6.64. The topological polar surface area (TPSA) is 55.1 Å². The second-order valence-corrected chi connectivity index (χ2v) is 8.60. The normalized spacial score (nSPS) is 33.1. The van der Waals surface area contributed by atoms with Crippen molar-refractivity contribution in [1.82, 2.24) is 19.8 Å². The Morgan fingerprint density at radius 1 is 1.04 bits per heavy atom. The Morgan fingerprint density at radius 2 is 1.69 bits per heavy atom. The van der Waals surface area contributed by atoms with Gasteiger partial charge in [0.2, 0.25) is 0 Å². The molecule has 8 heteroatoms. The van der Waals surface area contributed by atoms with Crippen LogP contribution in [-0.4, -0.2) is 26.4 Å². The van der Waals surface area contributed by atoms with E-state index < -0.39 is 12.0 Å². The van der Waals surface area contributed by atoms with E-state index in [-0.39, 0.29) is 5.65 Å². The molecule has 2 aromatic rings. The Bertz CT molecular complexity index is 793. The lowest BCUT2D eigenvalue weighted by Gasteiger charge is -2.57. The van der Waals surface area contributed by atoms with Crippen LogP contribution < -0.4 is 5.32 Å². The highest BCUT2D eigenvalue weighted by Gasteiger charge is 2.50. The molecule has 5 nitrogen and oxygen atoms in total. The van der Waals surface area contributed by atoms with Crippen molar-refractivity contribution in [2.24, 2.45) is 23.2 Å². The molecule has 4 aliphatic carbocycles. The molecule has 0 amide bonds. The fraction of sp³-hybridized carbons (Fsp3) is 0.722. The molecule has 4 fully saturated rings. The molecular weight excluding hydrogens is 343 g/mol. The summed E-state index contributed by atoms with van der Waals surface area (Å²) >= 11 is 0. The highest BCUT2D eigenvalue weighted by Crippen LogP contribution is 2.61. The van der Waals surface area contributed by atoms with Crippen LogP contribution in [0.15, 0.2) is 12.1 Å². The molecule has 0 spiro atoms. The van der Waals surface area contributed by atoms with Gasteiger partial charge in [0.1, 0.15) is 5.82 Å². The first-order valence-corrected chi connectivity index (χ1v) is 9.44. The van der Waals surface area contributed by atoms with Crippen LogP contribution in [0.3, 0.4) is 0 Å². The minimum absolute atomic E-state index is 0.101. The van der Waals surface area contributed by atoms with Gasteiger partial charge in [-0.3, -0.25) is 0 Å². The highest BCUT2D eigenvalue weighted by molar-refractivity contribution is 5.44. The molecular formula is C18H22F3N5. The number of alkyl halides is 3. The summed E-state index contributed by atoms with van der Waals surface area (Å²) in [6.45, 7) is 0.744. The quantitative estimate of drug-likeness (QED) is 0.884. The van der Waals surface area contributed by atoms with E-state index in [1.165, 1.54) is 44.6 Å². The molecule has 0 aliphatic heterocycles. The Balaban J connectivity index is 1.29. The molecule has 26 heavy (non-hydrogen) atoms. The standard InChI is InChI=1S/C18H22F3N5/c19-18(20,21)16-24-23-15-2-1-14(25-26(15)16)22-4-3-17-8-11-5-12(9-17)7-13(6-11)10-17/h1-2,11-13H,3-10H2,(H,22,25). The van der Waals surface area contributed by atoms with Gasteiger partial charge in [-0.15, -0.1) is 15.3 Å². The molecule has 4 bridgehead atoms. The van der Waals surface area contributed by atoms with Crippen LogP contribution in [0, 0.1) is 23.2 Å². The predicted molar refractivity (Wildman–Crippen MR) is 89.5 cm³/mol. The number of halogens is 3. The van der Waals surface area contributed by atoms with E-state index in [0.29, 0.717) is 11.2 Å². The van der Waals surface area contributed by atoms with Crippen LogP contribution in [-0.2, 0) is 6.18 Å². The SMILES string of the molecule is FC(F)(F)c1nnc2ccc(NCCC34CC5CC(CC(C5)C3)C4)nn12. The number of hydrogen-bond donors (Lipinski definition) is 1. The Kier molecular flexibility index (Phi) is 3.49. The minimum atomic E-state index is -4.57. The maximum absolute atomic E-state index is 13.0. The van der Waals surface area contributed by atoms with E-state index >= 15 is 0 Å². The monoisotopic (exact) mass is 365 g/mol. The van der Waals surface area contributed by atoms with Crippen molar-refractivity contribution in [2.45, 2.75) is 51.1 Å². The molecule has 6 rings (SSSR count). The minimum Gasteiger partial charge on any atom is -0.369 e. The number of nitrogens with zero attached hydrogens (tertiary/aromatic N) is 4. The molecule has 4 aliphatic rings. The molecule has 2 aromatic heterocycles. The van der Waals surface area contributed by atoms with Crippen molar-refractivity contribution in [1.29, 1.82) is 0 Å². The Morgan fingerprint density at radius 3 is 2.31 bits per heavy atom. The van der Waals surface area contributed by atoms with Crippen molar-refractivity contribution < 1.29 is 13.2 Å². The van der Waals surface area contributed by atoms with Crippen LogP contribution in [0.25, 0.3) is 5.65 Å². The molecule has 0 radical (unpaired) electrons. The van der Waals surface area contributed by atoms with Crippen LogP contribution in [0.5, 0.6) is 0 Å². The van der Waals surface area contributed by atoms with Crippen molar-refractivity contribution in [3.8, 4) is 0 Å². The van der Waals surface area contributed by atoms with E-state index in [1.807, 2.05) is 0 Å². The summed E-state index contributed by atoms with van der Waals surface area (Å²) in [7, 11) is 0. The first-order valence-electron chi connectivity index (χ1n) is 9.44. The van der Waals surface area contributed by atoms with Crippen molar-refractivity contribution >= 4 is 11.5 Å². The van der Waals surface area contributed by atoms with Crippen molar-refractivity contribution in [3.05, 3.63) is 18.0 Å². The number of hydrogen-bond acceptors (Lipinski definition) is 4. The van der Waals surface area contributed by atoms with Gasteiger partial charge in [0.05, 0.1) is 0 Å². The van der Waals surface area contributed by atoms with Gasteiger partial charge in [-0.25, -0.2) is 0 Å². The van der Waals surface area contributed by atoms with Gasteiger partial charge in [-0.2, -0.15) is 17.7 Å². The molecule has 1 N–H and O–H groups in total. The smallest absolute Gasteiger partial charge is 0.369 e. The molecule has 4 saturated carbocycles. The summed E-state index contributed by atoms with van der Waals surface area (Å²) < 4.78 is 39.7. The van der Waals surface area contributed by atoms with E-state index in [0.717, 1.165) is 35.2 Å². The number of rotatable bonds is 4. The maximum atomic E-state index is 13.0. The molecule has 0 aromatic carbocycles. The summed E-state index contributed by atoms with van der Waals surface area (Å²) in [5.41, 5.74) is 0.545. The largest absolute Gasteiger partial charge is 0.453 e. The number of nitrogens with one attached hydrogen (secondary N) is 1. The van der Waals surface area contributed by atoms with E-state index in [4.69, 9.17) is 0 Å². The van der Waals surface area contributed by atoms with Gasteiger partial charge >= 0.3 is 6.18 Å². The van der Waals surface area contributed by atoms with Gasteiger partial charge in [0.15, 0.2) is 5.65 Å². The van der Waals surface area contributed by atoms with Crippen molar-refractivity contribution in [2.75, 3.05) is 11.9 Å². The summed E-state index contributed by atoms with van der Waals surface area (Å²) in [5, 5.41) is 14.0. The Hall–Kier alpha value is -1.86. The second kappa shape index (κ2) is 5.57. The number of aromatic nitrogens is 4. The van der Waals surface area contributed by atoms with Gasteiger partial charge in [-0.1, -0.05) is 0 Å². The second-order valence-electron chi connectivity index (χ2n) is 8.60. The molecule has 2 heterocycles. The van der Waals surface area contributed by atoms with Gasteiger partial charge in [0, 0.05) is 6.54 Å². The Labute approximate surface area is 149 Å². The molecule has 0 atom stereocenters. The average molecular weight is 365 g/mol. The zero-order valence-electron chi connectivity index (χ0n) is 14.5. The summed E-state index contributed by atoms with van der Waals surface area (Å²) in [6, 6.07) is 3.19.